The van der Waals surface area contributed by atoms with Crippen molar-refractivity contribution in [3.63, 3.8) is 0 Å². The molecule has 0 aliphatic carbocycles. The number of rotatable bonds is 5. The van der Waals surface area contributed by atoms with Crippen LogP contribution in [-0.4, -0.2) is 58.9 Å². The maximum Gasteiger partial charge on any atom is 0.272 e. The van der Waals surface area contributed by atoms with E-state index in [1.165, 1.54) is 0 Å². The van der Waals surface area contributed by atoms with E-state index in [9.17, 15) is 4.79 Å². The molecule has 1 N–H and O–H groups in total. The molecule has 1 amide bonds. The fourth-order valence-electron chi connectivity index (χ4n) is 3.32. The van der Waals surface area contributed by atoms with E-state index >= 15 is 0 Å². The molecule has 1 aromatic heterocycles. The van der Waals surface area contributed by atoms with Gasteiger partial charge in [-0.2, -0.15) is 0 Å². The topological polar surface area (TPSA) is 61.4 Å². The first-order valence-corrected chi connectivity index (χ1v) is 9.89. The van der Waals surface area contributed by atoms with Gasteiger partial charge < -0.3 is 15.1 Å². The minimum absolute atomic E-state index is 0.0413. The summed E-state index contributed by atoms with van der Waals surface area (Å²) in [5.41, 5.74) is 2.47. The van der Waals surface area contributed by atoms with Gasteiger partial charge in [0.2, 0.25) is 0 Å². The lowest BCUT2D eigenvalue weighted by Crippen LogP contribution is -2.47. The molecule has 6 heteroatoms. The predicted octanol–water partition coefficient (Wildman–Crippen LogP) is 3.14. The molecule has 4 rings (SSSR count). The number of benzene rings is 2. The van der Waals surface area contributed by atoms with Crippen molar-refractivity contribution in [3.05, 3.63) is 78.0 Å². The van der Waals surface area contributed by atoms with Gasteiger partial charge in [0, 0.05) is 44.4 Å². The standard InChI is InChI=1S/C23H25N5O/c1-27-12-14-28(15-13-27)23(29)20-16-21(24-17-18-8-4-2-5-9-18)26-22(25-20)19-10-6-3-7-11-19/h2-11,16H,12-15,17H2,1H3,(H,24,25,26). The van der Waals surface area contributed by atoms with Crippen LogP contribution in [-0.2, 0) is 6.54 Å². The van der Waals surface area contributed by atoms with Gasteiger partial charge in [-0.3, -0.25) is 4.79 Å². The van der Waals surface area contributed by atoms with E-state index in [0.717, 1.165) is 24.2 Å². The summed E-state index contributed by atoms with van der Waals surface area (Å²) in [6, 6.07) is 21.7. The third kappa shape index (κ3) is 4.78. The van der Waals surface area contributed by atoms with Crippen molar-refractivity contribution in [2.24, 2.45) is 0 Å². The molecular weight excluding hydrogens is 362 g/mol. The first kappa shape index (κ1) is 19.1. The van der Waals surface area contributed by atoms with Crippen LogP contribution in [0.15, 0.2) is 66.7 Å². The average molecular weight is 387 g/mol. The first-order chi connectivity index (χ1) is 14.2. The Morgan fingerprint density at radius 1 is 0.931 bits per heavy atom. The van der Waals surface area contributed by atoms with Crippen molar-refractivity contribution < 1.29 is 4.79 Å². The third-order valence-corrected chi connectivity index (χ3v) is 5.08. The summed E-state index contributed by atoms with van der Waals surface area (Å²) in [5.74, 6) is 1.17. The number of nitrogens with zero attached hydrogens (tertiary/aromatic N) is 4. The number of anilines is 1. The van der Waals surface area contributed by atoms with Crippen LogP contribution < -0.4 is 5.32 Å². The highest BCUT2D eigenvalue weighted by molar-refractivity contribution is 5.93. The van der Waals surface area contributed by atoms with Gasteiger partial charge in [-0.15, -0.1) is 0 Å². The van der Waals surface area contributed by atoms with Gasteiger partial charge in [-0.05, 0) is 12.6 Å². The lowest BCUT2D eigenvalue weighted by molar-refractivity contribution is 0.0658. The summed E-state index contributed by atoms with van der Waals surface area (Å²) >= 11 is 0. The number of amides is 1. The zero-order valence-electron chi connectivity index (χ0n) is 16.6. The van der Waals surface area contributed by atoms with Gasteiger partial charge in [0.25, 0.3) is 5.91 Å². The van der Waals surface area contributed by atoms with Crippen LogP contribution in [0.1, 0.15) is 16.1 Å². The van der Waals surface area contributed by atoms with E-state index in [1.807, 2.05) is 53.4 Å². The van der Waals surface area contributed by atoms with Crippen molar-refractivity contribution in [2.75, 3.05) is 38.5 Å². The fraction of sp³-hybridized carbons (Fsp3) is 0.261. The normalized spacial score (nSPS) is 14.6. The van der Waals surface area contributed by atoms with Gasteiger partial charge in [0.1, 0.15) is 11.5 Å². The molecule has 29 heavy (non-hydrogen) atoms. The molecule has 0 atom stereocenters. The number of carbonyl (C=O) groups excluding carboxylic acids is 1. The summed E-state index contributed by atoms with van der Waals surface area (Å²) in [5, 5.41) is 3.35. The molecule has 1 fully saturated rings. The summed E-state index contributed by atoms with van der Waals surface area (Å²) in [6.07, 6.45) is 0. The zero-order chi connectivity index (χ0) is 20.1. The van der Waals surface area contributed by atoms with E-state index in [4.69, 9.17) is 0 Å². The van der Waals surface area contributed by atoms with Gasteiger partial charge in [0.05, 0.1) is 0 Å². The van der Waals surface area contributed by atoms with Gasteiger partial charge in [-0.1, -0.05) is 60.7 Å². The molecule has 6 nitrogen and oxygen atoms in total. The number of carbonyl (C=O) groups is 1. The van der Waals surface area contributed by atoms with Gasteiger partial charge >= 0.3 is 0 Å². The van der Waals surface area contributed by atoms with Crippen molar-refractivity contribution >= 4 is 11.7 Å². The Hall–Kier alpha value is -3.25. The number of aromatic nitrogens is 2. The molecule has 0 unspecified atom stereocenters. The van der Waals surface area contributed by atoms with Crippen molar-refractivity contribution in [1.82, 2.24) is 19.8 Å². The Balaban J connectivity index is 1.62. The molecule has 1 aliphatic rings. The first-order valence-electron chi connectivity index (χ1n) is 9.89. The quantitative estimate of drug-likeness (QED) is 0.729. The summed E-state index contributed by atoms with van der Waals surface area (Å²) in [4.78, 5) is 26.5. The molecule has 1 aliphatic heterocycles. The third-order valence-electron chi connectivity index (χ3n) is 5.08. The lowest BCUT2D eigenvalue weighted by Gasteiger charge is -2.32. The molecule has 0 spiro atoms. The molecule has 2 heterocycles. The predicted molar refractivity (Wildman–Crippen MR) is 115 cm³/mol. The Morgan fingerprint density at radius 2 is 1.59 bits per heavy atom. The molecule has 0 radical (unpaired) electrons. The largest absolute Gasteiger partial charge is 0.366 e. The lowest BCUT2D eigenvalue weighted by atomic mass is 10.2. The second kappa shape index (κ2) is 8.84. The van der Waals surface area contributed by atoms with Crippen LogP contribution in [0.3, 0.4) is 0 Å². The number of likely N-dealkylation sites (N-methyl/N-ethyl adjacent to an activating group) is 1. The molecule has 148 valence electrons. The van der Waals surface area contributed by atoms with Crippen LogP contribution in [0.2, 0.25) is 0 Å². The molecule has 0 bridgehead atoms. The number of hydrogen-bond acceptors (Lipinski definition) is 5. The Morgan fingerprint density at radius 3 is 2.28 bits per heavy atom. The highest BCUT2D eigenvalue weighted by atomic mass is 16.2. The number of hydrogen-bond donors (Lipinski definition) is 1. The summed E-state index contributed by atoms with van der Waals surface area (Å²) in [6.45, 7) is 3.82. The molecule has 3 aromatic rings. The van der Waals surface area contributed by atoms with Crippen LogP contribution in [0.25, 0.3) is 11.4 Å². The smallest absolute Gasteiger partial charge is 0.272 e. The Kier molecular flexibility index (Phi) is 5.81. The maximum absolute atomic E-state index is 13.1. The van der Waals surface area contributed by atoms with Crippen LogP contribution >= 0.6 is 0 Å². The van der Waals surface area contributed by atoms with E-state index in [0.29, 0.717) is 37.0 Å². The highest BCUT2D eigenvalue weighted by Gasteiger charge is 2.22. The van der Waals surface area contributed by atoms with Crippen LogP contribution in [0, 0.1) is 0 Å². The molecule has 0 saturated carbocycles. The highest BCUT2D eigenvalue weighted by Crippen LogP contribution is 2.19. The molecule has 2 aromatic carbocycles. The molecule has 1 saturated heterocycles. The second-order valence-electron chi connectivity index (χ2n) is 7.26. The van der Waals surface area contributed by atoms with E-state index in [1.54, 1.807) is 6.07 Å². The monoisotopic (exact) mass is 387 g/mol. The maximum atomic E-state index is 13.1. The number of piperazine rings is 1. The Labute approximate surface area is 171 Å². The minimum atomic E-state index is -0.0413. The summed E-state index contributed by atoms with van der Waals surface area (Å²) < 4.78 is 0. The summed E-state index contributed by atoms with van der Waals surface area (Å²) in [7, 11) is 2.08. The van der Waals surface area contributed by atoms with Crippen LogP contribution in [0.5, 0.6) is 0 Å². The molecular formula is C23H25N5O. The van der Waals surface area contributed by atoms with Gasteiger partial charge in [0.15, 0.2) is 5.82 Å². The average Bonchev–Trinajstić information content (AvgIpc) is 2.79. The zero-order valence-corrected chi connectivity index (χ0v) is 16.6. The fourth-order valence-corrected chi connectivity index (χ4v) is 3.32. The van der Waals surface area contributed by atoms with Crippen molar-refractivity contribution in [1.29, 1.82) is 0 Å². The minimum Gasteiger partial charge on any atom is -0.366 e. The van der Waals surface area contributed by atoms with E-state index < -0.39 is 0 Å². The number of nitrogens with one attached hydrogen (secondary N) is 1. The Bertz CT molecular complexity index is 954. The van der Waals surface area contributed by atoms with Crippen LogP contribution in [0.4, 0.5) is 5.82 Å². The van der Waals surface area contributed by atoms with E-state index in [2.05, 4.69) is 39.4 Å². The van der Waals surface area contributed by atoms with Crippen molar-refractivity contribution in [3.8, 4) is 11.4 Å². The second-order valence-corrected chi connectivity index (χ2v) is 7.26. The van der Waals surface area contributed by atoms with Crippen molar-refractivity contribution in [2.45, 2.75) is 6.54 Å². The van der Waals surface area contributed by atoms with E-state index in [-0.39, 0.29) is 5.91 Å². The van der Waals surface area contributed by atoms with Gasteiger partial charge in [-0.25, -0.2) is 9.97 Å². The SMILES string of the molecule is CN1CCN(C(=O)c2cc(NCc3ccccc3)nc(-c3ccccc3)n2)CC1.